The summed E-state index contributed by atoms with van der Waals surface area (Å²) in [5.41, 5.74) is 6.78. The molecular weight excluding hydrogens is 1020 g/mol. The van der Waals surface area contributed by atoms with Crippen LogP contribution in [0, 0.1) is 17.0 Å². The van der Waals surface area contributed by atoms with Crippen molar-refractivity contribution in [2.45, 2.75) is 83.6 Å². The fourth-order valence-corrected chi connectivity index (χ4v) is 9.25. The molecule has 2 aromatic carbocycles. The fraction of sp³-hybridized carbons (Fsp3) is 0.389. The molecule has 24 heteroatoms. The predicted octanol–water partition coefficient (Wildman–Crippen LogP) is 0.527. The molecular formula is C54H63F2N11O11. The van der Waals surface area contributed by atoms with E-state index in [1.165, 1.54) is 22.2 Å². The number of aromatic nitrogens is 2. The van der Waals surface area contributed by atoms with Crippen LogP contribution in [0.2, 0.25) is 0 Å². The quantitative estimate of drug-likeness (QED) is 0.0353. The molecule has 10 amide bonds. The van der Waals surface area contributed by atoms with Gasteiger partial charge in [0.1, 0.15) is 42.9 Å². The van der Waals surface area contributed by atoms with E-state index in [-0.39, 0.29) is 56.7 Å². The van der Waals surface area contributed by atoms with Gasteiger partial charge in [0.05, 0.1) is 25.4 Å². The molecule has 4 heterocycles. The number of hydrogen-bond donors (Lipinski definition) is 7. The minimum Gasteiger partial charge on any atom is -0.387 e. The Morgan fingerprint density at radius 1 is 0.833 bits per heavy atom. The average molecular weight is 1080 g/mol. The first-order valence-corrected chi connectivity index (χ1v) is 25.1. The molecule has 22 nitrogen and oxygen atoms in total. The molecule has 0 bridgehead atoms. The maximum absolute atomic E-state index is 15.4. The summed E-state index contributed by atoms with van der Waals surface area (Å²) < 4.78 is 31.8. The van der Waals surface area contributed by atoms with Crippen molar-refractivity contribution in [3.05, 3.63) is 126 Å². The zero-order valence-corrected chi connectivity index (χ0v) is 43.3. The van der Waals surface area contributed by atoms with Crippen molar-refractivity contribution in [2.75, 3.05) is 45.9 Å². The van der Waals surface area contributed by atoms with E-state index in [0.29, 0.717) is 22.6 Å². The van der Waals surface area contributed by atoms with Crippen molar-refractivity contribution in [1.29, 1.82) is 0 Å². The topological polar surface area (TPSA) is 305 Å². The zero-order valence-electron chi connectivity index (χ0n) is 43.3. The first kappa shape index (κ1) is 58.6. The molecule has 0 unspecified atom stereocenters. The average Bonchev–Trinajstić information content (AvgIpc) is 4.20. The van der Waals surface area contributed by atoms with E-state index in [1.54, 1.807) is 49.7 Å². The number of nitrogens with zero attached hydrogens (tertiary/aromatic N) is 5. The lowest BCUT2D eigenvalue weighted by atomic mass is 9.82. The molecule has 0 aliphatic carbocycles. The lowest BCUT2D eigenvalue weighted by Crippen LogP contribution is -2.58. The van der Waals surface area contributed by atoms with Crippen molar-refractivity contribution < 1.29 is 61.8 Å². The molecule has 0 radical (unpaired) electrons. The second-order valence-corrected chi connectivity index (χ2v) is 19.8. The van der Waals surface area contributed by atoms with E-state index in [9.17, 15) is 57.4 Å². The second-order valence-electron chi connectivity index (χ2n) is 19.8. The van der Waals surface area contributed by atoms with Crippen LogP contribution in [0.5, 0.6) is 0 Å². The van der Waals surface area contributed by atoms with Crippen LogP contribution < -0.4 is 32.3 Å². The van der Waals surface area contributed by atoms with Gasteiger partial charge in [-0.25, -0.2) is 8.78 Å². The normalized spacial score (nSPS) is 15.3. The van der Waals surface area contributed by atoms with Gasteiger partial charge in [0, 0.05) is 80.3 Å². The molecule has 414 valence electrons. The maximum Gasteiger partial charge on any atom is 0.254 e. The van der Waals surface area contributed by atoms with E-state index >= 15 is 4.39 Å². The van der Waals surface area contributed by atoms with Crippen molar-refractivity contribution >= 4 is 59.1 Å². The first-order chi connectivity index (χ1) is 37.1. The summed E-state index contributed by atoms with van der Waals surface area (Å²) in [6.45, 7) is 2.83. The van der Waals surface area contributed by atoms with Gasteiger partial charge in [0.2, 0.25) is 47.3 Å². The number of benzene rings is 2. The summed E-state index contributed by atoms with van der Waals surface area (Å²) in [7, 11) is 0. The summed E-state index contributed by atoms with van der Waals surface area (Å²) in [5.74, 6) is -9.19. The molecule has 4 atom stereocenters. The first-order valence-electron chi connectivity index (χ1n) is 25.1. The smallest absolute Gasteiger partial charge is 0.254 e. The third-order valence-corrected chi connectivity index (χ3v) is 12.9. The van der Waals surface area contributed by atoms with Gasteiger partial charge in [0.15, 0.2) is 0 Å². The van der Waals surface area contributed by atoms with Gasteiger partial charge in [-0.3, -0.25) is 57.8 Å². The lowest BCUT2D eigenvalue weighted by molar-refractivity contribution is -0.141. The van der Waals surface area contributed by atoms with Gasteiger partial charge < -0.3 is 51.8 Å². The molecule has 0 saturated carbocycles. The number of primary amides is 1. The van der Waals surface area contributed by atoms with E-state index in [4.69, 9.17) is 5.73 Å². The number of carbonyl (C=O) groups excluding carboxylic acids is 10. The van der Waals surface area contributed by atoms with Crippen molar-refractivity contribution in [1.82, 2.24) is 50.8 Å². The second kappa shape index (κ2) is 26.9. The minimum absolute atomic E-state index is 0.0282. The number of nitrogens with one attached hydrogen (secondary N) is 5. The van der Waals surface area contributed by atoms with Gasteiger partial charge in [-0.05, 0) is 72.2 Å². The third-order valence-electron chi connectivity index (χ3n) is 12.9. The molecule has 2 aliphatic heterocycles. The lowest BCUT2D eigenvalue weighted by Gasteiger charge is -2.41. The van der Waals surface area contributed by atoms with E-state index < -0.39 is 133 Å². The summed E-state index contributed by atoms with van der Waals surface area (Å²) in [5, 5.41) is 23.2. The van der Waals surface area contributed by atoms with Crippen LogP contribution in [0.25, 0.3) is 11.1 Å². The Balaban J connectivity index is 1.25. The Hall–Kier alpha value is -8.67. The fourth-order valence-electron chi connectivity index (χ4n) is 9.25. The molecule has 78 heavy (non-hydrogen) atoms. The van der Waals surface area contributed by atoms with Crippen LogP contribution in [-0.2, 0) is 60.9 Å². The SMILES string of the molecule is CC(C)(C)[C@H](c1cc(-c2cc(F)ccc2F)cn1Cc1ccccc1)N(CC[C@H](NC(=O)[C@H](CC(N)=O)NC(=O)[C@H]1CCCN1C(=O)CNC(=O)Cc1ccncc1)C(=O)NCCNC(=O)CN1C(=O)C=CC1=O)C(=O)CO. The van der Waals surface area contributed by atoms with Crippen LogP contribution in [0.1, 0.15) is 69.3 Å². The Morgan fingerprint density at radius 2 is 1.53 bits per heavy atom. The number of aliphatic hydroxyl groups excluding tert-OH is 1. The third kappa shape index (κ3) is 15.9. The molecule has 8 N–H and O–H groups in total. The number of halogens is 2. The highest BCUT2D eigenvalue weighted by Gasteiger charge is 2.40. The van der Waals surface area contributed by atoms with Gasteiger partial charge in [-0.15, -0.1) is 0 Å². The molecule has 6 rings (SSSR count). The summed E-state index contributed by atoms with van der Waals surface area (Å²) >= 11 is 0. The minimum atomic E-state index is -1.71. The van der Waals surface area contributed by atoms with Crippen LogP contribution in [-0.4, -0.2) is 152 Å². The van der Waals surface area contributed by atoms with E-state index in [0.717, 1.165) is 35.9 Å². The van der Waals surface area contributed by atoms with Crippen molar-refractivity contribution in [3.8, 4) is 11.1 Å². The van der Waals surface area contributed by atoms with Crippen LogP contribution in [0.3, 0.4) is 0 Å². The Labute approximate surface area is 448 Å². The van der Waals surface area contributed by atoms with Crippen LogP contribution >= 0.6 is 0 Å². The Kier molecular flexibility index (Phi) is 20.2. The number of aliphatic hydroxyl groups is 1. The highest BCUT2D eigenvalue weighted by Crippen LogP contribution is 2.41. The molecule has 4 aromatic rings. The largest absolute Gasteiger partial charge is 0.387 e. The molecule has 1 fully saturated rings. The van der Waals surface area contributed by atoms with Gasteiger partial charge in [0.25, 0.3) is 11.8 Å². The number of hydrogen-bond acceptors (Lipinski definition) is 12. The number of carbonyl (C=O) groups is 10. The monoisotopic (exact) mass is 1080 g/mol. The summed E-state index contributed by atoms with van der Waals surface area (Å²) in [6.07, 6.45) is 6.03. The van der Waals surface area contributed by atoms with Crippen LogP contribution in [0.15, 0.2) is 97.5 Å². The summed E-state index contributed by atoms with van der Waals surface area (Å²) in [6, 6.07) is 11.7. The highest BCUT2D eigenvalue weighted by atomic mass is 19.1. The zero-order chi connectivity index (χ0) is 56.7. The van der Waals surface area contributed by atoms with Crippen molar-refractivity contribution in [3.63, 3.8) is 0 Å². The van der Waals surface area contributed by atoms with Crippen molar-refractivity contribution in [2.24, 2.45) is 11.1 Å². The highest BCUT2D eigenvalue weighted by molar-refractivity contribution is 6.14. The summed E-state index contributed by atoms with van der Waals surface area (Å²) in [4.78, 5) is 139. The number of rotatable bonds is 25. The van der Waals surface area contributed by atoms with Gasteiger partial charge in [-0.2, -0.15) is 0 Å². The number of likely N-dealkylation sites (tertiary alicyclic amines) is 1. The Bertz CT molecular complexity index is 2890. The number of imide groups is 1. The standard InChI is InChI=1S/C54H63F2N11O11/c1-54(2,3)50(42-25-35(37-26-36(55)11-12-38(37)56)30-64(42)29-34-8-5-4-6-9-34)66(49(75)32-68)23-17-39(51(76)60-21-20-59-45(71)31-67-46(72)13-14-47(67)73)62-52(77)40(27-43(57)69)63-53(78)41-10-7-22-65(41)48(74)28-61-44(70)24-33-15-18-58-19-16-33/h4-6,8-9,11-16,18-19,25-26,30,39-41,50,68H,7,10,17,20-24,27-29,31-32H2,1-3H3,(H2,57,69)(H,59,71)(H,60,76)(H,61,70)(H,62,77)(H,63,78)/t39-,40-,41+,50-/m0/s1. The number of nitrogens with two attached hydrogens (primary N) is 1. The van der Waals surface area contributed by atoms with E-state index in [2.05, 4.69) is 31.6 Å². The molecule has 2 aromatic heterocycles. The van der Waals surface area contributed by atoms with Gasteiger partial charge in [-0.1, -0.05) is 51.1 Å². The van der Waals surface area contributed by atoms with Gasteiger partial charge >= 0.3 is 0 Å². The number of amides is 10. The number of pyridine rings is 1. The maximum atomic E-state index is 15.4. The molecule has 2 aliphatic rings. The molecule has 0 spiro atoms. The van der Waals surface area contributed by atoms with Crippen LogP contribution in [0.4, 0.5) is 8.78 Å². The van der Waals surface area contributed by atoms with E-state index in [1.807, 2.05) is 30.3 Å². The molecule has 1 saturated heterocycles. The predicted molar refractivity (Wildman–Crippen MR) is 276 cm³/mol. The Morgan fingerprint density at radius 3 is 2.19 bits per heavy atom.